The molecule has 2 aromatic carbocycles. The van der Waals surface area contributed by atoms with E-state index in [1.54, 1.807) is 24.3 Å². The van der Waals surface area contributed by atoms with Gasteiger partial charge in [-0.15, -0.1) is 0 Å². The molecular weight excluding hydrogens is 316 g/mol. The lowest BCUT2D eigenvalue weighted by atomic mass is 9.91. The van der Waals surface area contributed by atoms with E-state index in [4.69, 9.17) is 11.5 Å². The van der Waals surface area contributed by atoms with Crippen molar-refractivity contribution in [3.05, 3.63) is 65.7 Å². The summed E-state index contributed by atoms with van der Waals surface area (Å²) in [7, 11) is 0. The van der Waals surface area contributed by atoms with Gasteiger partial charge in [0.2, 0.25) is 0 Å². The zero-order valence-corrected chi connectivity index (χ0v) is 12.7. The van der Waals surface area contributed by atoms with E-state index in [1.165, 1.54) is 12.1 Å². The standard InChI is InChI=1S/C17H17F2N3O2/c18-16(19)24-13-8-6-11(7-9-13)10-14(15(23)22-17(20)21)12-4-2-1-3-5-12/h1-9,14,16H,10H2,(H4,20,21,22,23). The van der Waals surface area contributed by atoms with Crippen molar-refractivity contribution >= 4 is 11.9 Å². The van der Waals surface area contributed by atoms with Crippen LogP contribution < -0.4 is 16.2 Å². The van der Waals surface area contributed by atoms with Crippen LogP contribution >= 0.6 is 0 Å². The molecule has 7 heteroatoms. The van der Waals surface area contributed by atoms with Crippen molar-refractivity contribution in [1.82, 2.24) is 0 Å². The molecule has 0 fully saturated rings. The van der Waals surface area contributed by atoms with Crippen LogP contribution in [0, 0.1) is 0 Å². The van der Waals surface area contributed by atoms with Gasteiger partial charge in [-0.05, 0) is 29.7 Å². The quantitative estimate of drug-likeness (QED) is 0.627. The van der Waals surface area contributed by atoms with E-state index < -0.39 is 18.4 Å². The second-order valence-corrected chi connectivity index (χ2v) is 5.06. The number of hydrogen-bond acceptors (Lipinski definition) is 2. The summed E-state index contributed by atoms with van der Waals surface area (Å²) >= 11 is 0. The molecule has 4 N–H and O–H groups in total. The van der Waals surface area contributed by atoms with Gasteiger partial charge >= 0.3 is 6.61 Å². The minimum absolute atomic E-state index is 0.0561. The first-order chi connectivity index (χ1) is 11.5. The third kappa shape index (κ3) is 5.05. The maximum Gasteiger partial charge on any atom is 0.387 e. The first-order valence-corrected chi connectivity index (χ1v) is 7.18. The van der Waals surface area contributed by atoms with Crippen LogP contribution in [-0.2, 0) is 11.2 Å². The molecule has 5 nitrogen and oxygen atoms in total. The summed E-state index contributed by atoms with van der Waals surface area (Å²) in [6.07, 6.45) is 0.328. The molecule has 0 radical (unpaired) electrons. The number of guanidine groups is 1. The SMILES string of the molecule is NC(N)=NC(=O)C(Cc1ccc(OC(F)F)cc1)c1ccccc1. The number of nitrogens with two attached hydrogens (primary N) is 2. The molecule has 1 amide bonds. The number of nitrogens with zero attached hydrogens (tertiary/aromatic N) is 1. The van der Waals surface area contributed by atoms with Gasteiger partial charge in [-0.25, -0.2) is 0 Å². The Morgan fingerprint density at radius 1 is 1.04 bits per heavy atom. The zero-order chi connectivity index (χ0) is 17.5. The highest BCUT2D eigenvalue weighted by Crippen LogP contribution is 2.24. The first-order valence-electron chi connectivity index (χ1n) is 7.18. The van der Waals surface area contributed by atoms with Crippen LogP contribution in [0.5, 0.6) is 5.75 Å². The zero-order valence-electron chi connectivity index (χ0n) is 12.7. The number of hydrogen-bond donors (Lipinski definition) is 2. The van der Waals surface area contributed by atoms with E-state index in [1.807, 2.05) is 18.2 Å². The second-order valence-electron chi connectivity index (χ2n) is 5.06. The third-order valence-electron chi connectivity index (χ3n) is 3.33. The number of ether oxygens (including phenoxy) is 1. The Labute approximate surface area is 137 Å². The normalized spacial score (nSPS) is 11.8. The average Bonchev–Trinajstić information content (AvgIpc) is 2.53. The molecule has 1 atom stereocenters. The van der Waals surface area contributed by atoms with Crippen LogP contribution in [0.15, 0.2) is 59.6 Å². The maximum absolute atomic E-state index is 12.3. The molecule has 24 heavy (non-hydrogen) atoms. The molecule has 0 aromatic heterocycles. The number of aliphatic imine (C=N–C) groups is 1. The predicted octanol–water partition coefficient (Wildman–Crippen LogP) is 2.41. The molecule has 0 heterocycles. The van der Waals surface area contributed by atoms with Gasteiger partial charge in [0.1, 0.15) is 5.75 Å². The monoisotopic (exact) mass is 333 g/mol. The number of carbonyl (C=O) groups is 1. The van der Waals surface area contributed by atoms with Gasteiger partial charge in [-0.2, -0.15) is 13.8 Å². The first kappa shape index (κ1) is 17.4. The molecule has 126 valence electrons. The van der Waals surface area contributed by atoms with E-state index in [2.05, 4.69) is 9.73 Å². The lowest BCUT2D eigenvalue weighted by Crippen LogP contribution is -2.26. The lowest BCUT2D eigenvalue weighted by Gasteiger charge is -2.14. The van der Waals surface area contributed by atoms with Crippen LogP contribution in [0.3, 0.4) is 0 Å². The Bertz CT molecular complexity index is 700. The Kier molecular flexibility index (Phi) is 5.83. The van der Waals surface area contributed by atoms with Gasteiger partial charge in [-0.1, -0.05) is 42.5 Å². The molecule has 0 spiro atoms. The fourth-order valence-electron chi connectivity index (χ4n) is 2.28. The lowest BCUT2D eigenvalue weighted by molar-refractivity contribution is -0.119. The van der Waals surface area contributed by atoms with Crippen LogP contribution in [0.4, 0.5) is 8.78 Å². The Hall–Kier alpha value is -2.96. The Morgan fingerprint density at radius 2 is 1.67 bits per heavy atom. The maximum atomic E-state index is 12.3. The Morgan fingerprint density at radius 3 is 2.21 bits per heavy atom. The molecule has 2 aromatic rings. The van der Waals surface area contributed by atoms with Crippen LogP contribution in [0.2, 0.25) is 0 Å². The Balaban J connectivity index is 2.22. The van der Waals surface area contributed by atoms with Gasteiger partial charge in [-0.3, -0.25) is 4.79 Å². The van der Waals surface area contributed by atoms with E-state index in [0.29, 0.717) is 6.42 Å². The van der Waals surface area contributed by atoms with Crippen molar-refractivity contribution in [3.63, 3.8) is 0 Å². The van der Waals surface area contributed by atoms with Crippen LogP contribution in [0.1, 0.15) is 17.0 Å². The van der Waals surface area contributed by atoms with Crippen molar-refractivity contribution < 1.29 is 18.3 Å². The number of rotatable bonds is 6. The molecule has 0 saturated heterocycles. The molecule has 2 rings (SSSR count). The fourth-order valence-corrected chi connectivity index (χ4v) is 2.28. The highest BCUT2D eigenvalue weighted by Gasteiger charge is 2.21. The number of amides is 1. The van der Waals surface area contributed by atoms with E-state index in [-0.39, 0.29) is 11.7 Å². The number of alkyl halides is 2. The third-order valence-corrected chi connectivity index (χ3v) is 3.33. The summed E-state index contributed by atoms with van der Waals surface area (Å²) in [5, 5.41) is 0. The largest absolute Gasteiger partial charge is 0.435 e. The molecule has 0 aliphatic carbocycles. The summed E-state index contributed by atoms with van der Waals surface area (Å²) in [4.78, 5) is 15.9. The molecular formula is C17H17F2N3O2. The van der Waals surface area contributed by atoms with Crippen molar-refractivity contribution in [2.45, 2.75) is 19.0 Å². The minimum atomic E-state index is -2.88. The molecule has 0 aliphatic rings. The topological polar surface area (TPSA) is 90.7 Å². The van der Waals surface area contributed by atoms with Crippen molar-refractivity contribution in [2.24, 2.45) is 16.5 Å². The van der Waals surface area contributed by atoms with Gasteiger partial charge in [0.15, 0.2) is 5.96 Å². The second kappa shape index (κ2) is 8.05. The van der Waals surface area contributed by atoms with Gasteiger partial charge in [0.25, 0.3) is 5.91 Å². The van der Waals surface area contributed by atoms with Gasteiger partial charge < -0.3 is 16.2 Å². The van der Waals surface area contributed by atoms with Crippen molar-refractivity contribution in [2.75, 3.05) is 0 Å². The smallest absolute Gasteiger partial charge is 0.387 e. The highest BCUT2D eigenvalue weighted by atomic mass is 19.3. The van der Waals surface area contributed by atoms with E-state index >= 15 is 0 Å². The number of benzene rings is 2. The van der Waals surface area contributed by atoms with E-state index in [9.17, 15) is 13.6 Å². The molecule has 0 saturated carbocycles. The van der Waals surface area contributed by atoms with Crippen LogP contribution in [0.25, 0.3) is 0 Å². The van der Waals surface area contributed by atoms with Gasteiger partial charge in [0.05, 0.1) is 5.92 Å². The summed E-state index contributed by atoms with van der Waals surface area (Å²) in [6, 6.07) is 15.2. The van der Waals surface area contributed by atoms with Crippen molar-refractivity contribution in [1.29, 1.82) is 0 Å². The fraction of sp³-hybridized carbons (Fsp3) is 0.176. The summed E-state index contributed by atoms with van der Waals surface area (Å²) < 4.78 is 28.7. The summed E-state index contributed by atoms with van der Waals surface area (Å²) in [5.41, 5.74) is 12.1. The van der Waals surface area contributed by atoms with E-state index in [0.717, 1.165) is 11.1 Å². The molecule has 0 aliphatic heterocycles. The molecule has 1 unspecified atom stereocenters. The van der Waals surface area contributed by atoms with Crippen LogP contribution in [-0.4, -0.2) is 18.5 Å². The number of carbonyl (C=O) groups excluding carboxylic acids is 1. The predicted molar refractivity (Wildman–Crippen MR) is 86.8 cm³/mol. The minimum Gasteiger partial charge on any atom is -0.435 e. The van der Waals surface area contributed by atoms with Crippen molar-refractivity contribution in [3.8, 4) is 5.75 Å². The molecule has 0 bridgehead atoms. The van der Waals surface area contributed by atoms with Gasteiger partial charge in [0, 0.05) is 0 Å². The number of halogens is 2. The highest BCUT2D eigenvalue weighted by molar-refractivity contribution is 5.95. The average molecular weight is 333 g/mol. The summed E-state index contributed by atoms with van der Waals surface area (Å²) in [5.74, 6) is -1.29. The summed E-state index contributed by atoms with van der Waals surface area (Å²) in [6.45, 7) is -2.88.